The van der Waals surface area contributed by atoms with Crippen LogP contribution in [0.15, 0.2) is 35.2 Å². The fourth-order valence-electron chi connectivity index (χ4n) is 1.63. The number of thioether (sulfide) groups is 1. The highest BCUT2D eigenvalue weighted by Crippen LogP contribution is 2.17. The second-order valence-electron chi connectivity index (χ2n) is 4.64. The number of aliphatic carboxylic acids is 1. The topological polar surface area (TPSA) is 66.4 Å². The third-order valence-corrected chi connectivity index (χ3v) is 3.91. The molecule has 0 heterocycles. The van der Waals surface area contributed by atoms with Gasteiger partial charge in [-0.1, -0.05) is 25.1 Å². The van der Waals surface area contributed by atoms with Gasteiger partial charge in [0, 0.05) is 23.6 Å². The minimum absolute atomic E-state index is 0.0245. The SMILES string of the molecule is CC(CCCNC(=O)CCSc1ccccc1)C(=O)O. The molecule has 1 atom stereocenters. The van der Waals surface area contributed by atoms with E-state index in [1.807, 2.05) is 30.3 Å². The van der Waals surface area contributed by atoms with Gasteiger partial charge in [-0.3, -0.25) is 9.59 Å². The molecule has 1 aromatic carbocycles. The molecule has 0 radical (unpaired) electrons. The van der Waals surface area contributed by atoms with Gasteiger partial charge >= 0.3 is 5.97 Å². The summed E-state index contributed by atoms with van der Waals surface area (Å²) in [7, 11) is 0. The van der Waals surface area contributed by atoms with E-state index in [0.29, 0.717) is 25.8 Å². The van der Waals surface area contributed by atoms with Crippen molar-refractivity contribution in [3.63, 3.8) is 0 Å². The molecule has 0 aliphatic carbocycles. The van der Waals surface area contributed by atoms with Gasteiger partial charge in [0.1, 0.15) is 0 Å². The molecule has 0 aliphatic rings. The monoisotopic (exact) mass is 295 g/mol. The van der Waals surface area contributed by atoms with E-state index in [1.165, 1.54) is 0 Å². The first kappa shape index (κ1) is 16.6. The van der Waals surface area contributed by atoms with Gasteiger partial charge in [0.15, 0.2) is 0 Å². The first-order valence-electron chi connectivity index (χ1n) is 6.77. The van der Waals surface area contributed by atoms with Gasteiger partial charge in [0.25, 0.3) is 0 Å². The highest BCUT2D eigenvalue weighted by atomic mass is 32.2. The standard InChI is InChI=1S/C15H21NO3S/c1-12(15(18)19)6-5-10-16-14(17)9-11-20-13-7-3-2-4-8-13/h2-4,7-8,12H,5-6,9-11H2,1H3,(H,16,17)(H,18,19). The van der Waals surface area contributed by atoms with Crippen LogP contribution in [0.25, 0.3) is 0 Å². The summed E-state index contributed by atoms with van der Waals surface area (Å²) in [5.74, 6) is -0.353. The lowest BCUT2D eigenvalue weighted by atomic mass is 10.1. The van der Waals surface area contributed by atoms with Gasteiger partial charge in [0.2, 0.25) is 5.91 Å². The van der Waals surface area contributed by atoms with Crippen molar-refractivity contribution >= 4 is 23.6 Å². The highest BCUT2D eigenvalue weighted by Gasteiger charge is 2.10. The molecule has 1 unspecified atom stereocenters. The van der Waals surface area contributed by atoms with Crippen molar-refractivity contribution in [3.05, 3.63) is 30.3 Å². The Bertz CT molecular complexity index is 422. The van der Waals surface area contributed by atoms with Crippen LogP contribution in [0.4, 0.5) is 0 Å². The van der Waals surface area contributed by atoms with E-state index in [1.54, 1.807) is 18.7 Å². The van der Waals surface area contributed by atoms with E-state index in [0.717, 1.165) is 10.6 Å². The first-order valence-corrected chi connectivity index (χ1v) is 7.75. The molecule has 0 saturated carbocycles. The minimum Gasteiger partial charge on any atom is -0.481 e. The lowest BCUT2D eigenvalue weighted by Gasteiger charge is -2.07. The average molecular weight is 295 g/mol. The number of carbonyl (C=O) groups excluding carboxylic acids is 1. The zero-order valence-corrected chi connectivity index (χ0v) is 12.5. The number of hydrogen-bond acceptors (Lipinski definition) is 3. The smallest absolute Gasteiger partial charge is 0.306 e. The highest BCUT2D eigenvalue weighted by molar-refractivity contribution is 7.99. The van der Waals surface area contributed by atoms with Gasteiger partial charge in [-0.2, -0.15) is 0 Å². The molecule has 20 heavy (non-hydrogen) atoms. The molecule has 0 aliphatic heterocycles. The van der Waals surface area contributed by atoms with Gasteiger partial charge in [-0.25, -0.2) is 0 Å². The maximum absolute atomic E-state index is 11.6. The summed E-state index contributed by atoms with van der Waals surface area (Å²) in [5, 5.41) is 11.5. The van der Waals surface area contributed by atoms with Gasteiger partial charge in [0.05, 0.1) is 5.92 Å². The zero-order chi connectivity index (χ0) is 14.8. The molecule has 0 fully saturated rings. The van der Waals surface area contributed by atoms with Crippen molar-refractivity contribution in [3.8, 4) is 0 Å². The van der Waals surface area contributed by atoms with Gasteiger partial charge in [-0.05, 0) is 25.0 Å². The molecule has 0 aromatic heterocycles. The van der Waals surface area contributed by atoms with Crippen LogP contribution in [0.1, 0.15) is 26.2 Å². The summed E-state index contributed by atoms with van der Waals surface area (Å²) in [6.45, 7) is 2.23. The number of carbonyl (C=O) groups is 2. The zero-order valence-electron chi connectivity index (χ0n) is 11.7. The fraction of sp³-hybridized carbons (Fsp3) is 0.467. The molecule has 1 amide bonds. The fourth-order valence-corrected chi connectivity index (χ4v) is 2.50. The lowest BCUT2D eigenvalue weighted by molar-refractivity contribution is -0.141. The van der Waals surface area contributed by atoms with Crippen molar-refractivity contribution in [2.45, 2.75) is 31.1 Å². The first-order chi connectivity index (χ1) is 9.59. The average Bonchev–Trinajstić information content (AvgIpc) is 2.44. The Morgan fingerprint density at radius 2 is 2.00 bits per heavy atom. The molecule has 0 saturated heterocycles. The molecular formula is C15H21NO3S. The number of rotatable bonds is 9. The summed E-state index contributed by atoms with van der Waals surface area (Å²) in [6, 6.07) is 9.97. The van der Waals surface area contributed by atoms with Gasteiger partial charge in [-0.15, -0.1) is 11.8 Å². The van der Waals surface area contributed by atoms with Crippen LogP contribution >= 0.6 is 11.8 Å². The maximum Gasteiger partial charge on any atom is 0.306 e. The van der Waals surface area contributed by atoms with Crippen molar-refractivity contribution < 1.29 is 14.7 Å². The van der Waals surface area contributed by atoms with E-state index in [4.69, 9.17) is 5.11 Å². The predicted octanol–water partition coefficient (Wildman–Crippen LogP) is 2.79. The minimum atomic E-state index is -0.782. The van der Waals surface area contributed by atoms with E-state index < -0.39 is 5.97 Å². The van der Waals surface area contributed by atoms with Crippen LogP contribution in [0, 0.1) is 5.92 Å². The number of benzene rings is 1. The van der Waals surface area contributed by atoms with Crippen molar-refractivity contribution in [1.29, 1.82) is 0 Å². The maximum atomic E-state index is 11.6. The molecule has 5 heteroatoms. The summed E-state index contributed by atoms with van der Waals surface area (Å²) >= 11 is 1.66. The summed E-state index contributed by atoms with van der Waals surface area (Å²) in [6.07, 6.45) is 1.77. The molecule has 4 nitrogen and oxygen atoms in total. The third-order valence-electron chi connectivity index (χ3n) is 2.90. The summed E-state index contributed by atoms with van der Waals surface area (Å²) in [4.78, 5) is 23.3. The number of carboxylic acids is 1. The van der Waals surface area contributed by atoms with Crippen LogP contribution < -0.4 is 5.32 Å². The van der Waals surface area contributed by atoms with Crippen LogP contribution in [0.2, 0.25) is 0 Å². The van der Waals surface area contributed by atoms with Crippen molar-refractivity contribution in [2.24, 2.45) is 5.92 Å². The van der Waals surface area contributed by atoms with E-state index in [-0.39, 0.29) is 11.8 Å². The predicted molar refractivity (Wildman–Crippen MR) is 80.8 cm³/mol. The van der Waals surface area contributed by atoms with Crippen LogP contribution in [-0.4, -0.2) is 29.3 Å². The van der Waals surface area contributed by atoms with E-state index in [9.17, 15) is 9.59 Å². The molecule has 0 spiro atoms. The Hall–Kier alpha value is -1.49. The normalized spacial score (nSPS) is 11.8. The second kappa shape index (κ2) is 9.42. The molecule has 110 valence electrons. The van der Waals surface area contributed by atoms with Crippen molar-refractivity contribution in [2.75, 3.05) is 12.3 Å². The Balaban J connectivity index is 2.05. The van der Waals surface area contributed by atoms with Crippen LogP contribution in [-0.2, 0) is 9.59 Å². The Kier molecular flexibility index (Phi) is 7.80. The number of hydrogen-bond donors (Lipinski definition) is 2. The Morgan fingerprint density at radius 1 is 1.30 bits per heavy atom. The Morgan fingerprint density at radius 3 is 2.65 bits per heavy atom. The molecule has 1 aromatic rings. The summed E-state index contributed by atoms with van der Waals surface area (Å²) in [5.41, 5.74) is 0. The number of amides is 1. The number of nitrogens with one attached hydrogen (secondary N) is 1. The third kappa shape index (κ3) is 7.19. The van der Waals surface area contributed by atoms with E-state index in [2.05, 4.69) is 5.32 Å². The van der Waals surface area contributed by atoms with Crippen molar-refractivity contribution in [1.82, 2.24) is 5.32 Å². The second-order valence-corrected chi connectivity index (χ2v) is 5.81. The van der Waals surface area contributed by atoms with Crippen LogP contribution in [0.5, 0.6) is 0 Å². The van der Waals surface area contributed by atoms with Gasteiger partial charge < -0.3 is 10.4 Å². The van der Waals surface area contributed by atoms with Crippen LogP contribution in [0.3, 0.4) is 0 Å². The molecule has 1 rings (SSSR count). The molecule has 2 N–H and O–H groups in total. The quantitative estimate of drug-likeness (QED) is 0.543. The van der Waals surface area contributed by atoms with E-state index >= 15 is 0 Å². The molecule has 0 bridgehead atoms. The summed E-state index contributed by atoms with van der Waals surface area (Å²) < 4.78 is 0. The number of carboxylic acid groups (broad SMARTS) is 1. The molecular weight excluding hydrogens is 274 g/mol. The largest absolute Gasteiger partial charge is 0.481 e. The lowest BCUT2D eigenvalue weighted by Crippen LogP contribution is -2.25. The Labute approximate surface area is 124 Å².